The van der Waals surface area contributed by atoms with E-state index in [1.54, 1.807) is 0 Å². The topological polar surface area (TPSA) is 66.2 Å². The van der Waals surface area contributed by atoms with Gasteiger partial charge in [-0.2, -0.15) is 9.97 Å². The molecule has 0 fully saturated rings. The number of hydrogen-bond acceptors (Lipinski definition) is 4. The van der Waals surface area contributed by atoms with Crippen molar-refractivity contribution in [2.45, 2.75) is 32.6 Å². The van der Waals surface area contributed by atoms with Crippen molar-refractivity contribution in [3.63, 3.8) is 0 Å². The summed E-state index contributed by atoms with van der Waals surface area (Å²) in [7, 11) is 0. The van der Waals surface area contributed by atoms with E-state index in [1.165, 1.54) is 24.3 Å². The first-order chi connectivity index (χ1) is 9.61. The lowest BCUT2D eigenvalue weighted by Gasteiger charge is -2.08. The Hall–Kier alpha value is -2.17. The summed E-state index contributed by atoms with van der Waals surface area (Å²) in [5.41, 5.74) is 0.904. The highest BCUT2D eigenvalue weighted by Crippen LogP contribution is 2.28. The molecule has 1 aromatic heterocycles. The molecule has 5 heteroatoms. The molecule has 0 amide bonds. The molecular formula is C15H17FN2O2. The molecule has 0 bridgehead atoms. The van der Waals surface area contributed by atoms with E-state index in [0.717, 1.165) is 19.3 Å². The number of halogens is 1. The van der Waals surface area contributed by atoms with Crippen LogP contribution in [-0.2, 0) is 6.42 Å². The second kappa shape index (κ2) is 6.32. The molecule has 0 radical (unpaired) electrons. The normalized spacial score (nSPS) is 10.7. The molecule has 1 heterocycles. The molecule has 2 N–H and O–H groups in total. The number of benzene rings is 1. The predicted octanol–water partition coefficient (Wildman–Crippen LogP) is 3.43. The fourth-order valence-electron chi connectivity index (χ4n) is 1.96. The average Bonchev–Trinajstić information content (AvgIpc) is 2.42. The third-order valence-corrected chi connectivity index (χ3v) is 3.10. The number of aromatic nitrogens is 2. The highest BCUT2D eigenvalue weighted by molar-refractivity contribution is 5.57. The Kier molecular flexibility index (Phi) is 4.50. The van der Waals surface area contributed by atoms with Gasteiger partial charge in [0.05, 0.1) is 5.56 Å². The van der Waals surface area contributed by atoms with E-state index in [-0.39, 0.29) is 23.4 Å². The van der Waals surface area contributed by atoms with Crippen LogP contribution in [0.3, 0.4) is 0 Å². The molecule has 2 aromatic rings. The quantitative estimate of drug-likeness (QED) is 0.821. The van der Waals surface area contributed by atoms with Crippen LogP contribution >= 0.6 is 0 Å². The highest BCUT2D eigenvalue weighted by atomic mass is 19.1. The van der Waals surface area contributed by atoms with Gasteiger partial charge in [0, 0.05) is 5.56 Å². The van der Waals surface area contributed by atoms with Gasteiger partial charge in [-0.05, 0) is 37.1 Å². The van der Waals surface area contributed by atoms with Crippen LogP contribution in [-0.4, -0.2) is 20.2 Å². The summed E-state index contributed by atoms with van der Waals surface area (Å²) in [6.07, 6.45) is 3.46. The van der Waals surface area contributed by atoms with Gasteiger partial charge in [-0.1, -0.05) is 19.8 Å². The summed E-state index contributed by atoms with van der Waals surface area (Å²) in [5.74, 6) is -0.613. The zero-order valence-electron chi connectivity index (χ0n) is 11.3. The summed E-state index contributed by atoms with van der Waals surface area (Å²) in [4.78, 5) is 7.95. The third-order valence-electron chi connectivity index (χ3n) is 3.10. The van der Waals surface area contributed by atoms with Crippen molar-refractivity contribution in [3.05, 3.63) is 35.6 Å². The lowest BCUT2D eigenvalue weighted by Crippen LogP contribution is -1.96. The number of hydrogen-bond donors (Lipinski definition) is 2. The average molecular weight is 276 g/mol. The fourth-order valence-corrected chi connectivity index (χ4v) is 1.96. The van der Waals surface area contributed by atoms with Crippen molar-refractivity contribution >= 4 is 0 Å². The zero-order valence-corrected chi connectivity index (χ0v) is 11.3. The van der Waals surface area contributed by atoms with Crippen molar-refractivity contribution < 1.29 is 14.6 Å². The first kappa shape index (κ1) is 14.2. The molecule has 0 saturated carbocycles. The van der Waals surface area contributed by atoms with Crippen LogP contribution in [0.25, 0.3) is 11.4 Å². The second-order valence-electron chi connectivity index (χ2n) is 4.64. The van der Waals surface area contributed by atoms with Crippen molar-refractivity contribution in [1.82, 2.24) is 9.97 Å². The standard InChI is InChI=1S/C15H17FN2O2/c1-2-3-4-5-12-14(19)17-13(18-15(12)20)10-6-8-11(16)9-7-10/h6-9H,2-5H2,1H3,(H2,17,18,19,20). The smallest absolute Gasteiger partial charge is 0.221 e. The summed E-state index contributed by atoms with van der Waals surface area (Å²) in [6.45, 7) is 2.08. The minimum absolute atomic E-state index is 0.180. The van der Waals surface area contributed by atoms with Crippen LogP contribution in [0.1, 0.15) is 31.7 Å². The van der Waals surface area contributed by atoms with Crippen molar-refractivity contribution in [2.24, 2.45) is 0 Å². The van der Waals surface area contributed by atoms with Crippen molar-refractivity contribution in [2.75, 3.05) is 0 Å². The summed E-state index contributed by atoms with van der Waals surface area (Å²) >= 11 is 0. The Balaban J connectivity index is 2.27. The maximum absolute atomic E-state index is 12.9. The lowest BCUT2D eigenvalue weighted by atomic mass is 10.1. The summed E-state index contributed by atoms with van der Waals surface area (Å²) in [6, 6.07) is 5.56. The van der Waals surface area contributed by atoms with Gasteiger partial charge in [0.1, 0.15) is 5.82 Å². The van der Waals surface area contributed by atoms with Gasteiger partial charge in [0.2, 0.25) is 11.8 Å². The molecule has 106 valence electrons. The van der Waals surface area contributed by atoms with Crippen LogP contribution in [0.15, 0.2) is 24.3 Å². The maximum atomic E-state index is 12.9. The zero-order chi connectivity index (χ0) is 14.5. The molecule has 0 aliphatic heterocycles. The number of aromatic hydroxyl groups is 2. The fraction of sp³-hybridized carbons (Fsp3) is 0.333. The Morgan fingerprint density at radius 3 is 2.15 bits per heavy atom. The van der Waals surface area contributed by atoms with Gasteiger partial charge in [-0.25, -0.2) is 4.39 Å². The predicted molar refractivity (Wildman–Crippen MR) is 74.0 cm³/mol. The largest absolute Gasteiger partial charge is 0.493 e. The molecular weight excluding hydrogens is 259 g/mol. The van der Waals surface area contributed by atoms with Gasteiger partial charge in [0.15, 0.2) is 5.82 Å². The third kappa shape index (κ3) is 3.23. The van der Waals surface area contributed by atoms with Crippen molar-refractivity contribution in [1.29, 1.82) is 0 Å². The molecule has 0 saturated heterocycles. The number of unbranched alkanes of at least 4 members (excludes halogenated alkanes) is 2. The maximum Gasteiger partial charge on any atom is 0.221 e. The van der Waals surface area contributed by atoms with E-state index in [9.17, 15) is 14.6 Å². The molecule has 20 heavy (non-hydrogen) atoms. The van der Waals surface area contributed by atoms with E-state index < -0.39 is 0 Å². The SMILES string of the molecule is CCCCCc1c(O)nc(-c2ccc(F)cc2)nc1O. The van der Waals surface area contributed by atoms with Crippen LogP contribution in [0.5, 0.6) is 11.8 Å². The van der Waals surface area contributed by atoms with Crippen LogP contribution in [0.4, 0.5) is 4.39 Å². The number of rotatable bonds is 5. The lowest BCUT2D eigenvalue weighted by molar-refractivity contribution is 0.408. The molecule has 1 aromatic carbocycles. The van der Waals surface area contributed by atoms with Crippen LogP contribution in [0, 0.1) is 5.82 Å². The van der Waals surface area contributed by atoms with Gasteiger partial charge in [-0.3, -0.25) is 0 Å². The first-order valence-electron chi connectivity index (χ1n) is 6.66. The monoisotopic (exact) mass is 276 g/mol. The molecule has 0 spiro atoms. The van der Waals surface area contributed by atoms with E-state index >= 15 is 0 Å². The van der Waals surface area contributed by atoms with Crippen LogP contribution < -0.4 is 0 Å². The van der Waals surface area contributed by atoms with Crippen LogP contribution in [0.2, 0.25) is 0 Å². The van der Waals surface area contributed by atoms with Gasteiger partial charge in [-0.15, -0.1) is 0 Å². The van der Waals surface area contributed by atoms with Crippen molar-refractivity contribution in [3.8, 4) is 23.1 Å². The number of nitrogens with zero attached hydrogens (tertiary/aromatic N) is 2. The van der Waals surface area contributed by atoms with E-state index in [2.05, 4.69) is 16.9 Å². The summed E-state index contributed by atoms with van der Waals surface area (Å²) < 4.78 is 12.9. The van der Waals surface area contributed by atoms with E-state index in [1.807, 2.05) is 0 Å². The van der Waals surface area contributed by atoms with Gasteiger partial charge >= 0.3 is 0 Å². The molecule has 0 unspecified atom stereocenters. The highest BCUT2D eigenvalue weighted by Gasteiger charge is 2.14. The van der Waals surface area contributed by atoms with E-state index in [4.69, 9.17) is 0 Å². The molecule has 0 aliphatic rings. The van der Waals surface area contributed by atoms with Gasteiger partial charge < -0.3 is 10.2 Å². The Labute approximate surface area is 117 Å². The second-order valence-corrected chi connectivity index (χ2v) is 4.64. The first-order valence-corrected chi connectivity index (χ1v) is 6.66. The minimum atomic E-state index is -0.363. The molecule has 0 aliphatic carbocycles. The molecule has 4 nitrogen and oxygen atoms in total. The Bertz CT molecular complexity index is 562. The Morgan fingerprint density at radius 1 is 1.00 bits per heavy atom. The minimum Gasteiger partial charge on any atom is -0.493 e. The van der Waals surface area contributed by atoms with E-state index in [0.29, 0.717) is 17.5 Å². The Morgan fingerprint density at radius 2 is 1.60 bits per heavy atom. The molecule has 2 rings (SSSR count). The summed E-state index contributed by atoms with van der Waals surface area (Å²) in [5, 5.41) is 19.8. The van der Waals surface area contributed by atoms with Gasteiger partial charge in [0.25, 0.3) is 0 Å². The molecule has 0 atom stereocenters.